The molecule has 0 atom stereocenters. The van der Waals surface area contributed by atoms with Crippen molar-refractivity contribution in [2.24, 2.45) is 0 Å². The highest BCUT2D eigenvalue weighted by atomic mass is 19.3. The minimum absolute atomic E-state index is 0.0119. The second-order valence-corrected chi connectivity index (χ2v) is 3.10. The average Bonchev–Trinajstić information content (AvgIpc) is 2.27. The Morgan fingerprint density at radius 2 is 2.06 bits per heavy atom. The van der Waals surface area contributed by atoms with Crippen LogP contribution in [0.15, 0.2) is 18.2 Å². The van der Waals surface area contributed by atoms with Crippen LogP contribution in [0.3, 0.4) is 0 Å². The van der Waals surface area contributed by atoms with Crippen molar-refractivity contribution in [1.82, 2.24) is 0 Å². The summed E-state index contributed by atoms with van der Waals surface area (Å²) in [5.41, 5.74) is 0.0119. The van der Waals surface area contributed by atoms with Crippen LogP contribution in [-0.4, -0.2) is 30.7 Å². The minimum Gasteiger partial charge on any atom is -0.490 e. The molecule has 0 spiro atoms. The van der Waals surface area contributed by atoms with E-state index in [9.17, 15) is 13.6 Å². The van der Waals surface area contributed by atoms with Gasteiger partial charge in [-0.25, -0.2) is 13.6 Å². The lowest BCUT2D eigenvalue weighted by molar-refractivity contribution is 0.0693. The second-order valence-electron chi connectivity index (χ2n) is 3.10. The molecule has 6 heteroatoms. The summed E-state index contributed by atoms with van der Waals surface area (Å²) in [5, 5.41) is 8.77. The molecule has 94 valence electrons. The summed E-state index contributed by atoms with van der Waals surface area (Å²) < 4.78 is 33.9. The first-order valence-corrected chi connectivity index (χ1v) is 4.95. The zero-order chi connectivity index (χ0) is 12.8. The predicted octanol–water partition coefficient (Wildman–Crippen LogP) is 2.43. The Balaban J connectivity index is 2.91. The summed E-state index contributed by atoms with van der Waals surface area (Å²) >= 11 is 0. The summed E-state index contributed by atoms with van der Waals surface area (Å²) in [6.07, 6.45) is -2.59. The van der Waals surface area contributed by atoms with Gasteiger partial charge in [0.1, 0.15) is 6.61 Å². The van der Waals surface area contributed by atoms with Crippen molar-refractivity contribution in [3.63, 3.8) is 0 Å². The van der Waals surface area contributed by atoms with Gasteiger partial charge in [-0.1, -0.05) is 0 Å². The molecule has 0 heterocycles. The SMILES string of the molecule is CCOc1cc(C(=O)O)ccc1OCC(F)F. The Kier molecular flexibility index (Phi) is 4.68. The molecular weight excluding hydrogens is 234 g/mol. The minimum atomic E-state index is -2.59. The van der Waals surface area contributed by atoms with E-state index in [1.165, 1.54) is 18.2 Å². The van der Waals surface area contributed by atoms with Crippen LogP contribution in [0.2, 0.25) is 0 Å². The van der Waals surface area contributed by atoms with Crippen molar-refractivity contribution in [3.8, 4) is 11.5 Å². The molecule has 0 aliphatic heterocycles. The van der Waals surface area contributed by atoms with Gasteiger partial charge in [-0.15, -0.1) is 0 Å². The first-order chi connectivity index (χ1) is 8.04. The zero-order valence-corrected chi connectivity index (χ0v) is 9.15. The number of carboxylic acids is 1. The van der Waals surface area contributed by atoms with E-state index in [-0.39, 0.29) is 23.7 Å². The lowest BCUT2D eigenvalue weighted by atomic mass is 10.2. The molecule has 0 aliphatic rings. The Hall–Kier alpha value is -1.85. The summed E-state index contributed by atoms with van der Waals surface area (Å²) in [6.45, 7) is 1.23. The molecule has 1 aromatic carbocycles. The van der Waals surface area contributed by atoms with Gasteiger partial charge in [0.2, 0.25) is 0 Å². The van der Waals surface area contributed by atoms with Crippen LogP contribution in [-0.2, 0) is 0 Å². The average molecular weight is 246 g/mol. The number of benzene rings is 1. The normalized spacial score (nSPS) is 10.4. The highest BCUT2D eigenvalue weighted by molar-refractivity contribution is 5.88. The van der Waals surface area contributed by atoms with Crippen LogP contribution in [0.5, 0.6) is 11.5 Å². The molecule has 0 saturated heterocycles. The molecule has 1 rings (SSSR count). The molecule has 0 aromatic heterocycles. The number of aromatic carboxylic acids is 1. The Morgan fingerprint density at radius 1 is 1.35 bits per heavy atom. The fourth-order valence-electron chi connectivity index (χ4n) is 1.18. The van der Waals surface area contributed by atoms with E-state index in [4.69, 9.17) is 14.6 Å². The number of hydrogen-bond donors (Lipinski definition) is 1. The van der Waals surface area contributed by atoms with Gasteiger partial charge in [0, 0.05) is 0 Å². The number of halogens is 2. The Labute approximate surface area is 96.8 Å². The van der Waals surface area contributed by atoms with Crippen molar-refractivity contribution in [2.75, 3.05) is 13.2 Å². The first kappa shape index (κ1) is 13.2. The summed E-state index contributed by atoms with van der Waals surface area (Å²) in [6, 6.07) is 3.81. The molecule has 0 bridgehead atoms. The fraction of sp³-hybridized carbons (Fsp3) is 0.364. The van der Waals surface area contributed by atoms with Crippen LogP contribution in [0, 0.1) is 0 Å². The van der Waals surface area contributed by atoms with Crippen LogP contribution < -0.4 is 9.47 Å². The van der Waals surface area contributed by atoms with Gasteiger partial charge in [-0.05, 0) is 25.1 Å². The van der Waals surface area contributed by atoms with Crippen LogP contribution in [0.25, 0.3) is 0 Å². The Morgan fingerprint density at radius 3 is 2.59 bits per heavy atom. The monoisotopic (exact) mass is 246 g/mol. The van der Waals surface area contributed by atoms with E-state index in [1.807, 2.05) is 0 Å². The standard InChI is InChI=1S/C11H12F2O4/c1-2-16-9-5-7(11(14)15)3-4-8(9)17-6-10(12)13/h3-5,10H,2,6H2,1H3,(H,14,15). The number of hydrogen-bond acceptors (Lipinski definition) is 3. The third kappa shape index (κ3) is 3.90. The summed E-state index contributed by atoms with van der Waals surface area (Å²) in [5.74, 6) is -0.864. The van der Waals surface area contributed by atoms with E-state index in [0.29, 0.717) is 0 Å². The van der Waals surface area contributed by atoms with Gasteiger partial charge in [0.25, 0.3) is 6.43 Å². The van der Waals surface area contributed by atoms with Crippen molar-refractivity contribution in [1.29, 1.82) is 0 Å². The number of carboxylic acid groups (broad SMARTS) is 1. The van der Waals surface area contributed by atoms with Gasteiger partial charge in [-0.2, -0.15) is 0 Å². The molecule has 0 saturated carbocycles. The van der Waals surface area contributed by atoms with E-state index in [0.717, 1.165) is 0 Å². The largest absolute Gasteiger partial charge is 0.490 e. The molecule has 1 N–H and O–H groups in total. The number of rotatable bonds is 6. The highest BCUT2D eigenvalue weighted by Gasteiger charge is 2.12. The number of alkyl halides is 2. The highest BCUT2D eigenvalue weighted by Crippen LogP contribution is 2.28. The topological polar surface area (TPSA) is 55.8 Å². The third-order valence-electron chi connectivity index (χ3n) is 1.86. The van der Waals surface area contributed by atoms with E-state index >= 15 is 0 Å². The smallest absolute Gasteiger partial charge is 0.335 e. The fourth-order valence-corrected chi connectivity index (χ4v) is 1.18. The van der Waals surface area contributed by atoms with Crippen LogP contribution in [0.4, 0.5) is 8.78 Å². The Bertz CT molecular complexity index is 393. The second kappa shape index (κ2) is 6.03. The molecule has 0 aliphatic carbocycles. The van der Waals surface area contributed by atoms with Crippen molar-refractivity contribution >= 4 is 5.97 Å². The van der Waals surface area contributed by atoms with E-state index < -0.39 is 19.0 Å². The number of carbonyl (C=O) groups is 1. The molecule has 4 nitrogen and oxygen atoms in total. The molecule has 0 unspecified atom stereocenters. The molecule has 1 aromatic rings. The van der Waals surface area contributed by atoms with Gasteiger partial charge in [0.15, 0.2) is 11.5 Å². The van der Waals surface area contributed by atoms with Gasteiger partial charge < -0.3 is 14.6 Å². The number of ether oxygens (including phenoxy) is 2. The molecule has 0 fully saturated rings. The zero-order valence-electron chi connectivity index (χ0n) is 9.15. The molecule has 17 heavy (non-hydrogen) atoms. The maximum absolute atomic E-state index is 12.0. The molecular formula is C11H12F2O4. The van der Waals surface area contributed by atoms with Gasteiger partial charge >= 0.3 is 5.97 Å². The third-order valence-corrected chi connectivity index (χ3v) is 1.86. The summed E-state index contributed by atoms with van der Waals surface area (Å²) in [7, 11) is 0. The predicted molar refractivity (Wildman–Crippen MR) is 56.1 cm³/mol. The van der Waals surface area contributed by atoms with E-state index in [1.54, 1.807) is 6.92 Å². The maximum Gasteiger partial charge on any atom is 0.335 e. The van der Waals surface area contributed by atoms with Crippen LogP contribution in [0.1, 0.15) is 17.3 Å². The van der Waals surface area contributed by atoms with E-state index in [2.05, 4.69) is 0 Å². The first-order valence-electron chi connectivity index (χ1n) is 4.95. The lowest BCUT2D eigenvalue weighted by Crippen LogP contribution is -2.09. The van der Waals surface area contributed by atoms with Gasteiger partial charge in [0.05, 0.1) is 12.2 Å². The van der Waals surface area contributed by atoms with Crippen molar-refractivity contribution in [3.05, 3.63) is 23.8 Å². The quantitative estimate of drug-likeness (QED) is 0.837. The summed E-state index contributed by atoms with van der Waals surface area (Å²) in [4.78, 5) is 10.7. The maximum atomic E-state index is 12.0. The molecule has 0 amide bonds. The van der Waals surface area contributed by atoms with Crippen molar-refractivity contribution < 1.29 is 28.2 Å². The lowest BCUT2D eigenvalue weighted by Gasteiger charge is -2.12. The molecule has 0 radical (unpaired) electrons. The van der Waals surface area contributed by atoms with Crippen LogP contribution >= 0.6 is 0 Å². The van der Waals surface area contributed by atoms with Gasteiger partial charge in [-0.3, -0.25) is 0 Å². The van der Waals surface area contributed by atoms with Crippen molar-refractivity contribution in [2.45, 2.75) is 13.3 Å².